The van der Waals surface area contributed by atoms with Crippen LogP contribution in [-0.4, -0.2) is 12.6 Å². The highest BCUT2D eigenvalue weighted by molar-refractivity contribution is 6.33. The number of hydrogen-bond donors (Lipinski definition) is 2. The van der Waals surface area contributed by atoms with Crippen molar-refractivity contribution in [3.63, 3.8) is 0 Å². The van der Waals surface area contributed by atoms with Gasteiger partial charge in [0.1, 0.15) is 5.82 Å². The summed E-state index contributed by atoms with van der Waals surface area (Å²) in [7, 11) is 0. The van der Waals surface area contributed by atoms with E-state index >= 15 is 0 Å². The number of amides is 2. The van der Waals surface area contributed by atoms with E-state index in [1.807, 2.05) is 0 Å². The van der Waals surface area contributed by atoms with Crippen molar-refractivity contribution in [3.8, 4) is 0 Å². The Labute approximate surface area is 140 Å². The van der Waals surface area contributed by atoms with E-state index in [0.717, 1.165) is 18.2 Å². The van der Waals surface area contributed by atoms with Gasteiger partial charge in [0, 0.05) is 6.54 Å². The molecule has 0 atom stereocenters. The standard InChI is InChI=1S/C16H13ClF4N2O/c17-12-6-5-11(16(19,20)21)9-14(12)23-15(24)22-8-7-10-3-1-2-4-13(10)18/h1-6,9H,7-8H2,(H2,22,23,24). The average molecular weight is 361 g/mol. The molecule has 0 aromatic heterocycles. The second-order valence-corrected chi connectivity index (χ2v) is 5.32. The van der Waals surface area contributed by atoms with Crippen LogP contribution in [0.5, 0.6) is 0 Å². The molecule has 2 rings (SSSR count). The van der Waals surface area contributed by atoms with E-state index < -0.39 is 17.8 Å². The summed E-state index contributed by atoms with van der Waals surface area (Å²) in [4.78, 5) is 11.7. The fraction of sp³-hybridized carbons (Fsp3) is 0.188. The topological polar surface area (TPSA) is 41.1 Å². The van der Waals surface area contributed by atoms with Crippen LogP contribution in [0.1, 0.15) is 11.1 Å². The first-order valence-corrected chi connectivity index (χ1v) is 7.30. The molecule has 0 bridgehead atoms. The third-order valence-corrected chi connectivity index (χ3v) is 3.51. The minimum Gasteiger partial charge on any atom is -0.338 e. The van der Waals surface area contributed by atoms with Crippen LogP contribution >= 0.6 is 11.6 Å². The van der Waals surface area contributed by atoms with Crippen LogP contribution in [-0.2, 0) is 12.6 Å². The molecule has 0 radical (unpaired) electrons. The molecule has 8 heteroatoms. The van der Waals surface area contributed by atoms with Crippen LogP contribution in [0.15, 0.2) is 42.5 Å². The minimum absolute atomic E-state index is 0.0211. The lowest BCUT2D eigenvalue weighted by Crippen LogP contribution is -2.30. The van der Waals surface area contributed by atoms with Crippen molar-refractivity contribution >= 4 is 23.3 Å². The average Bonchev–Trinajstić information content (AvgIpc) is 2.50. The van der Waals surface area contributed by atoms with Gasteiger partial charge < -0.3 is 10.6 Å². The molecule has 0 aliphatic heterocycles. The van der Waals surface area contributed by atoms with Gasteiger partial charge in [0.25, 0.3) is 0 Å². The SMILES string of the molecule is O=C(NCCc1ccccc1F)Nc1cc(C(F)(F)F)ccc1Cl. The van der Waals surface area contributed by atoms with E-state index in [0.29, 0.717) is 5.56 Å². The van der Waals surface area contributed by atoms with Gasteiger partial charge in [-0.1, -0.05) is 29.8 Å². The Morgan fingerprint density at radius 1 is 1.12 bits per heavy atom. The van der Waals surface area contributed by atoms with Crippen LogP contribution in [0.2, 0.25) is 5.02 Å². The Kier molecular flexibility index (Phi) is 5.66. The van der Waals surface area contributed by atoms with Crippen LogP contribution in [0, 0.1) is 5.82 Å². The summed E-state index contributed by atoms with van der Waals surface area (Å²) in [6, 6.07) is 8.00. The molecule has 128 valence electrons. The molecular formula is C16H13ClF4N2O. The van der Waals surface area contributed by atoms with E-state index in [1.165, 1.54) is 6.07 Å². The quantitative estimate of drug-likeness (QED) is 0.751. The number of rotatable bonds is 4. The molecule has 0 aliphatic rings. The fourth-order valence-electron chi connectivity index (χ4n) is 1.98. The van der Waals surface area contributed by atoms with Gasteiger partial charge in [0.15, 0.2) is 0 Å². The summed E-state index contributed by atoms with van der Waals surface area (Å²) in [5, 5.41) is 4.66. The normalized spacial score (nSPS) is 11.2. The number of nitrogens with one attached hydrogen (secondary N) is 2. The zero-order chi connectivity index (χ0) is 17.7. The van der Waals surface area contributed by atoms with Crippen molar-refractivity contribution < 1.29 is 22.4 Å². The highest BCUT2D eigenvalue weighted by atomic mass is 35.5. The van der Waals surface area contributed by atoms with E-state index in [-0.39, 0.29) is 29.5 Å². The van der Waals surface area contributed by atoms with Crippen molar-refractivity contribution in [2.24, 2.45) is 0 Å². The monoisotopic (exact) mass is 360 g/mol. The van der Waals surface area contributed by atoms with Gasteiger partial charge >= 0.3 is 12.2 Å². The lowest BCUT2D eigenvalue weighted by molar-refractivity contribution is -0.137. The van der Waals surface area contributed by atoms with Crippen molar-refractivity contribution in [3.05, 3.63) is 64.4 Å². The second kappa shape index (κ2) is 7.53. The van der Waals surface area contributed by atoms with Gasteiger partial charge in [0.2, 0.25) is 0 Å². The predicted octanol–water partition coefficient (Wildman–Crippen LogP) is 4.86. The van der Waals surface area contributed by atoms with Gasteiger partial charge in [-0.15, -0.1) is 0 Å². The van der Waals surface area contributed by atoms with Crippen LogP contribution < -0.4 is 10.6 Å². The molecule has 0 unspecified atom stereocenters. The first kappa shape index (κ1) is 18.1. The van der Waals surface area contributed by atoms with Crippen molar-refractivity contribution in [1.82, 2.24) is 5.32 Å². The molecule has 0 fully saturated rings. The predicted molar refractivity (Wildman–Crippen MR) is 83.6 cm³/mol. The maximum atomic E-state index is 13.4. The molecular weight excluding hydrogens is 348 g/mol. The molecule has 0 heterocycles. The van der Waals surface area contributed by atoms with Crippen LogP contribution in [0.4, 0.5) is 28.0 Å². The Morgan fingerprint density at radius 2 is 1.83 bits per heavy atom. The third-order valence-electron chi connectivity index (χ3n) is 3.18. The van der Waals surface area contributed by atoms with E-state index in [1.54, 1.807) is 18.2 Å². The zero-order valence-electron chi connectivity index (χ0n) is 12.3. The molecule has 2 aromatic carbocycles. The molecule has 0 saturated carbocycles. The van der Waals surface area contributed by atoms with Gasteiger partial charge in [-0.2, -0.15) is 13.2 Å². The number of hydrogen-bond acceptors (Lipinski definition) is 1. The van der Waals surface area contributed by atoms with Gasteiger partial charge in [-0.3, -0.25) is 0 Å². The number of alkyl halides is 3. The highest BCUT2D eigenvalue weighted by Crippen LogP contribution is 2.33. The van der Waals surface area contributed by atoms with Crippen LogP contribution in [0.3, 0.4) is 0 Å². The molecule has 0 aliphatic carbocycles. The Bertz CT molecular complexity index is 734. The Balaban J connectivity index is 1.94. The van der Waals surface area contributed by atoms with Gasteiger partial charge in [-0.25, -0.2) is 9.18 Å². The Hall–Kier alpha value is -2.28. The maximum absolute atomic E-state index is 13.4. The summed E-state index contributed by atoms with van der Waals surface area (Å²) in [5.74, 6) is -0.388. The number of benzene rings is 2. The zero-order valence-corrected chi connectivity index (χ0v) is 13.0. The van der Waals surface area contributed by atoms with E-state index in [2.05, 4.69) is 10.6 Å². The number of carbonyl (C=O) groups is 1. The smallest absolute Gasteiger partial charge is 0.338 e. The fourth-order valence-corrected chi connectivity index (χ4v) is 2.14. The molecule has 2 amide bonds. The van der Waals surface area contributed by atoms with E-state index in [9.17, 15) is 22.4 Å². The van der Waals surface area contributed by atoms with Crippen molar-refractivity contribution in [1.29, 1.82) is 0 Å². The molecule has 0 spiro atoms. The lowest BCUT2D eigenvalue weighted by Gasteiger charge is -2.12. The molecule has 2 N–H and O–H groups in total. The lowest BCUT2D eigenvalue weighted by atomic mass is 10.1. The maximum Gasteiger partial charge on any atom is 0.416 e. The first-order chi connectivity index (χ1) is 11.3. The summed E-state index contributed by atoms with van der Waals surface area (Å²) < 4.78 is 51.4. The second-order valence-electron chi connectivity index (χ2n) is 4.91. The minimum atomic E-state index is -4.54. The highest BCUT2D eigenvalue weighted by Gasteiger charge is 2.31. The summed E-state index contributed by atoms with van der Waals surface area (Å²) in [6.07, 6.45) is -4.29. The summed E-state index contributed by atoms with van der Waals surface area (Å²) >= 11 is 5.78. The third kappa shape index (κ3) is 4.86. The van der Waals surface area contributed by atoms with Gasteiger partial charge in [-0.05, 0) is 36.2 Å². The molecule has 3 nitrogen and oxygen atoms in total. The number of anilines is 1. The number of halogens is 5. The molecule has 2 aromatic rings. The Morgan fingerprint density at radius 3 is 2.50 bits per heavy atom. The molecule has 24 heavy (non-hydrogen) atoms. The van der Waals surface area contributed by atoms with E-state index in [4.69, 9.17) is 11.6 Å². The number of carbonyl (C=O) groups excluding carboxylic acids is 1. The summed E-state index contributed by atoms with van der Waals surface area (Å²) in [6.45, 7) is 0.114. The van der Waals surface area contributed by atoms with Crippen molar-refractivity contribution in [2.75, 3.05) is 11.9 Å². The number of urea groups is 1. The van der Waals surface area contributed by atoms with Crippen LogP contribution in [0.25, 0.3) is 0 Å². The molecule has 0 saturated heterocycles. The van der Waals surface area contributed by atoms with Crippen molar-refractivity contribution in [2.45, 2.75) is 12.6 Å². The van der Waals surface area contributed by atoms with Gasteiger partial charge in [0.05, 0.1) is 16.3 Å². The first-order valence-electron chi connectivity index (χ1n) is 6.92. The summed E-state index contributed by atoms with van der Waals surface area (Å²) in [5.41, 5.74) is -0.654. The largest absolute Gasteiger partial charge is 0.416 e.